The lowest BCUT2D eigenvalue weighted by Gasteiger charge is -2.24. The van der Waals surface area contributed by atoms with Crippen molar-refractivity contribution in [3.63, 3.8) is 0 Å². The minimum atomic E-state index is -4.62. The first-order valence-electron chi connectivity index (χ1n) is 10.3. The minimum Gasteiger partial charge on any atom is -0.507 e. The number of amides is 1. The molecule has 3 rings (SSSR count). The maximum Gasteiger partial charge on any atom is 0.416 e. The van der Waals surface area contributed by atoms with Crippen LogP contribution in [0.5, 0.6) is 5.75 Å². The van der Waals surface area contributed by atoms with E-state index in [2.05, 4.69) is 0 Å². The molecule has 1 N–H and O–H groups in total. The monoisotopic (exact) mass is 443 g/mol. The number of ether oxygens (including phenoxy) is 1. The molecule has 0 fully saturated rings. The summed E-state index contributed by atoms with van der Waals surface area (Å²) < 4.78 is 46.2. The number of phenolic OH excluding ortho intramolecular Hbond substituents is 1. The van der Waals surface area contributed by atoms with Crippen LogP contribution in [0.15, 0.2) is 72.8 Å². The van der Waals surface area contributed by atoms with Crippen LogP contribution >= 0.6 is 0 Å². The predicted molar refractivity (Wildman–Crippen MR) is 117 cm³/mol. The van der Waals surface area contributed by atoms with Gasteiger partial charge in [-0.1, -0.05) is 61.9 Å². The van der Waals surface area contributed by atoms with Gasteiger partial charge in [0.1, 0.15) is 5.75 Å². The Morgan fingerprint density at radius 1 is 1.00 bits per heavy atom. The summed E-state index contributed by atoms with van der Waals surface area (Å²) in [5.41, 5.74) is -0.00419. The lowest BCUT2D eigenvalue weighted by atomic mass is 9.97. The fraction of sp³-hybridized carbons (Fsp3) is 0.240. The summed E-state index contributed by atoms with van der Waals surface area (Å²) in [5.74, 6) is -0.313. The molecular formula is C25H24F3NO3. The van der Waals surface area contributed by atoms with E-state index >= 15 is 0 Å². The molecule has 7 heteroatoms. The Kier molecular flexibility index (Phi) is 7.41. The van der Waals surface area contributed by atoms with Gasteiger partial charge < -0.3 is 9.84 Å². The number of alkyl halides is 3. The molecule has 3 aromatic carbocycles. The Balaban J connectivity index is 2.06. The third kappa shape index (κ3) is 5.60. The number of carbonyl (C=O) groups is 1. The largest absolute Gasteiger partial charge is 0.507 e. The lowest BCUT2D eigenvalue weighted by molar-refractivity contribution is -0.137. The van der Waals surface area contributed by atoms with Crippen LogP contribution in [-0.4, -0.2) is 17.8 Å². The number of nitrogens with zero attached hydrogens (tertiary/aromatic N) is 1. The second-order valence-corrected chi connectivity index (χ2v) is 7.28. The lowest BCUT2D eigenvalue weighted by Crippen LogP contribution is -2.31. The van der Waals surface area contributed by atoms with Gasteiger partial charge in [0.15, 0.2) is 0 Å². The number of rotatable bonds is 7. The summed E-state index contributed by atoms with van der Waals surface area (Å²) >= 11 is 0. The summed E-state index contributed by atoms with van der Waals surface area (Å²) in [6, 6.07) is 18.6. The van der Waals surface area contributed by atoms with Gasteiger partial charge in [0.25, 0.3) is 0 Å². The van der Waals surface area contributed by atoms with Crippen molar-refractivity contribution in [1.82, 2.24) is 0 Å². The average Bonchev–Trinajstić information content (AvgIpc) is 2.79. The summed E-state index contributed by atoms with van der Waals surface area (Å²) in [4.78, 5) is 14.0. The van der Waals surface area contributed by atoms with Gasteiger partial charge in [-0.3, -0.25) is 4.90 Å². The van der Waals surface area contributed by atoms with Crippen molar-refractivity contribution >= 4 is 11.8 Å². The second-order valence-electron chi connectivity index (χ2n) is 7.28. The molecule has 0 aliphatic carbocycles. The molecule has 0 aromatic heterocycles. The highest BCUT2D eigenvalue weighted by molar-refractivity contribution is 5.88. The molecule has 168 valence electrons. The summed E-state index contributed by atoms with van der Waals surface area (Å²) in [7, 11) is 0. The van der Waals surface area contributed by atoms with E-state index < -0.39 is 17.8 Å². The molecule has 0 atom stereocenters. The topological polar surface area (TPSA) is 49.8 Å². The van der Waals surface area contributed by atoms with Crippen molar-refractivity contribution in [3.05, 3.63) is 83.9 Å². The van der Waals surface area contributed by atoms with E-state index in [0.29, 0.717) is 17.7 Å². The highest BCUT2D eigenvalue weighted by Crippen LogP contribution is 2.40. The van der Waals surface area contributed by atoms with Crippen LogP contribution in [0.1, 0.15) is 30.9 Å². The Labute approximate surface area is 184 Å². The third-order valence-electron chi connectivity index (χ3n) is 4.94. The van der Waals surface area contributed by atoms with Crippen LogP contribution in [0, 0.1) is 0 Å². The summed E-state index contributed by atoms with van der Waals surface area (Å²) in [6.07, 6.45) is -3.82. The summed E-state index contributed by atoms with van der Waals surface area (Å²) in [5, 5.41) is 10.9. The third-order valence-corrected chi connectivity index (χ3v) is 4.94. The quantitative estimate of drug-likeness (QED) is 0.399. The van der Waals surface area contributed by atoms with Crippen LogP contribution in [0.4, 0.5) is 23.7 Å². The first-order chi connectivity index (χ1) is 15.3. The van der Waals surface area contributed by atoms with Crippen molar-refractivity contribution in [2.24, 2.45) is 0 Å². The van der Waals surface area contributed by atoms with Crippen LogP contribution < -0.4 is 4.90 Å². The number of hydrogen-bond acceptors (Lipinski definition) is 3. The van der Waals surface area contributed by atoms with Gasteiger partial charge in [-0.25, -0.2) is 4.79 Å². The number of para-hydroxylation sites is 1. The predicted octanol–water partition coefficient (Wildman–Crippen LogP) is 7.02. The zero-order chi connectivity index (χ0) is 23.1. The normalized spacial score (nSPS) is 11.2. The van der Waals surface area contributed by atoms with E-state index in [1.54, 1.807) is 60.7 Å². The molecule has 0 aliphatic heterocycles. The number of aromatic hydroxyl groups is 1. The van der Waals surface area contributed by atoms with Gasteiger partial charge >= 0.3 is 12.3 Å². The average molecular weight is 443 g/mol. The van der Waals surface area contributed by atoms with Crippen LogP contribution in [0.3, 0.4) is 0 Å². The van der Waals surface area contributed by atoms with Crippen LogP contribution in [0.25, 0.3) is 11.1 Å². The molecular weight excluding hydrogens is 419 g/mol. The fourth-order valence-electron chi connectivity index (χ4n) is 3.24. The molecule has 1 amide bonds. The van der Waals surface area contributed by atoms with E-state index in [1.165, 1.54) is 4.90 Å². The standard InChI is InChI=1S/C25H24F3NO3/c1-2-3-14-32-24(31)29(21-12-8-5-9-13-21)17-19-15-20(25(26,27)28)16-22(23(19)30)18-10-6-4-7-11-18/h4-13,15-16,30H,2-3,14,17H2,1H3. The molecule has 0 saturated heterocycles. The molecule has 0 heterocycles. The maximum absolute atomic E-state index is 13.6. The molecule has 3 aromatic rings. The van der Waals surface area contributed by atoms with E-state index in [-0.39, 0.29) is 30.0 Å². The Bertz CT molecular complexity index is 1040. The summed E-state index contributed by atoms with van der Waals surface area (Å²) in [6.45, 7) is 1.86. The zero-order valence-corrected chi connectivity index (χ0v) is 17.6. The van der Waals surface area contributed by atoms with Gasteiger partial charge in [0.05, 0.1) is 18.7 Å². The van der Waals surface area contributed by atoms with Crippen molar-refractivity contribution in [1.29, 1.82) is 0 Å². The molecule has 0 unspecified atom stereocenters. The molecule has 0 saturated carbocycles. The number of carbonyl (C=O) groups excluding carboxylic acids is 1. The zero-order valence-electron chi connectivity index (χ0n) is 17.6. The number of unbranched alkanes of at least 4 members (excludes halogenated alkanes) is 1. The van der Waals surface area contributed by atoms with Gasteiger partial charge in [0, 0.05) is 16.8 Å². The van der Waals surface area contributed by atoms with Crippen molar-refractivity contribution in [3.8, 4) is 16.9 Å². The number of phenols is 1. The van der Waals surface area contributed by atoms with Crippen molar-refractivity contribution in [2.75, 3.05) is 11.5 Å². The minimum absolute atomic E-state index is 0.0324. The van der Waals surface area contributed by atoms with Crippen LogP contribution in [-0.2, 0) is 17.5 Å². The molecule has 0 spiro atoms. The highest BCUT2D eigenvalue weighted by atomic mass is 19.4. The number of benzene rings is 3. The Morgan fingerprint density at radius 2 is 1.62 bits per heavy atom. The van der Waals surface area contributed by atoms with E-state index in [4.69, 9.17) is 4.74 Å². The van der Waals surface area contributed by atoms with Crippen LogP contribution in [0.2, 0.25) is 0 Å². The number of halogens is 3. The molecule has 0 bridgehead atoms. The molecule has 0 radical (unpaired) electrons. The van der Waals surface area contributed by atoms with E-state index in [1.807, 2.05) is 6.92 Å². The van der Waals surface area contributed by atoms with Gasteiger partial charge in [-0.2, -0.15) is 13.2 Å². The smallest absolute Gasteiger partial charge is 0.416 e. The molecule has 0 aliphatic rings. The van der Waals surface area contributed by atoms with Crippen molar-refractivity contribution in [2.45, 2.75) is 32.5 Å². The van der Waals surface area contributed by atoms with Gasteiger partial charge in [-0.15, -0.1) is 0 Å². The Morgan fingerprint density at radius 3 is 2.22 bits per heavy atom. The van der Waals surface area contributed by atoms with Crippen molar-refractivity contribution < 1.29 is 27.8 Å². The molecule has 32 heavy (non-hydrogen) atoms. The second kappa shape index (κ2) is 10.2. The maximum atomic E-state index is 13.6. The fourth-order valence-corrected chi connectivity index (χ4v) is 3.24. The first-order valence-corrected chi connectivity index (χ1v) is 10.3. The van der Waals surface area contributed by atoms with E-state index in [0.717, 1.165) is 18.6 Å². The Hall–Kier alpha value is -3.48. The van der Waals surface area contributed by atoms with Gasteiger partial charge in [0.2, 0.25) is 0 Å². The SMILES string of the molecule is CCCCOC(=O)N(Cc1cc(C(F)(F)F)cc(-c2ccccc2)c1O)c1ccccc1. The number of hydrogen-bond donors (Lipinski definition) is 1. The highest BCUT2D eigenvalue weighted by Gasteiger charge is 2.33. The molecule has 4 nitrogen and oxygen atoms in total. The van der Waals surface area contributed by atoms with Gasteiger partial charge in [-0.05, 0) is 36.2 Å². The number of anilines is 1. The first kappa shape index (κ1) is 23.2. The van der Waals surface area contributed by atoms with E-state index in [9.17, 15) is 23.1 Å².